The number of benzene rings is 1. The second kappa shape index (κ2) is 7.64. The van der Waals surface area contributed by atoms with Crippen LogP contribution >= 0.6 is 0 Å². The first kappa shape index (κ1) is 15.3. The van der Waals surface area contributed by atoms with Gasteiger partial charge in [-0.15, -0.1) is 0 Å². The van der Waals surface area contributed by atoms with Crippen molar-refractivity contribution in [2.45, 2.75) is 27.0 Å². The first-order chi connectivity index (χ1) is 10.2. The van der Waals surface area contributed by atoms with Crippen molar-refractivity contribution >= 4 is 5.69 Å². The van der Waals surface area contributed by atoms with E-state index in [4.69, 9.17) is 4.74 Å². The summed E-state index contributed by atoms with van der Waals surface area (Å²) >= 11 is 0. The number of hydrogen-bond acceptors (Lipinski definition) is 4. The number of rotatable bonds is 7. The lowest BCUT2D eigenvalue weighted by Gasteiger charge is -2.11. The van der Waals surface area contributed by atoms with Gasteiger partial charge in [0.05, 0.1) is 25.1 Å². The second-order valence-electron chi connectivity index (χ2n) is 5.39. The number of ether oxygens (including phenoxy) is 1. The van der Waals surface area contributed by atoms with Gasteiger partial charge in [0.2, 0.25) is 0 Å². The number of aliphatic hydroxyl groups excluding tert-OH is 1. The fourth-order valence-electron chi connectivity index (χ4n) is 1.88. The molecule has 1 heterocycles. The Labute approximate surface area is 125 Å². The van der Waals surface area contributed by atoms with Crippen molar-refractivity contribution in [2.75, 3.05) is 11.9 Å². The topological polar surface area (TPSA) is 54.4 Å². The quantitative estimate of drug-likeness (QED) is 0.820. The van der Waals surface area contributed by atoms with Gasteiger partial charge in [-0.25, -0.2) is 0 Å². The third-order valence-electron chi connectivity index (χ3n) is 3.07. The summed E-state index contributed by atoms with van der Waals surface area (Å²) in [6.07, 6.45) is 3.41. The fraction of sp³-hybridized carbons (Fsp3) is 0.353. The summed E-state index contributed by atoms with van der Waals surface area (Å²) in [5.41, 5.74) is 2.86. The molecular formula is C17H22N2O2. The molecule has 0 saturated carbocycles. The molecule has 2 N–H and O–H groups in total. The molecule has 0 aliphatic carbocycles. The van der Waals surface area contributed by atoms with Gasteiger partial charge in [-0.05, 0) is 29.7 Å². The van der Waals surface area contributed by atoms with Crippen molar-refractivity contribution in [2.24, 2.45) is 5.92 Å². The highest BCUT2D eigenvalue weighted by molar-refractivity contribution is 5.49. The minimum absolute atomic E-state index is 0.00678. The summed E-state index contributed by atoms with van der Waals surface area (Å²) in [6.45, 7) is 5.68. The molecule has 0 radical (unpaired) electrons. The zero-order chi connectivity index (χ0) is 15.1. The number of hydrogen-bond donors (Lipinski definition) is 2. The van der Waals surface area contributed by atoms with E-state index in [0.717, 1.165) is 29.2 Å². The van der Waals surface area contributed by atoms with Gasteiger partial charge in [-0.3, -0.25) is 4.98 Å². The summed E-state index contributed by atoms with van der Waals surface area (Å²) in [7, 11) is 0. The van der Waals surface area contributed by atoms with Crippen LogP contribution in [0.25, 0.3) is 0 Å². The standard InChI is InChI=1S/C17H22N2O2/c1-13(2)12-21-16-5-3-14(4-6-16)9-19-17-10-18-8-7-15(17)11-20/h3-8,10,13,19-20H,9,11-12H2,1-2H3. The van der Waals surface area contributed by atoms with E-state index >= 15 is 0 Å². The van der Waals surface area contributed by atoms with Crippen LogP contribution in [0.15, 0.2) is 42.7 Å². The van der Waals surface area contributed by atoms with E-state index in [1.54, 1.807) is 12.4 Å². The molecule has 0 amide bonds. The summed E-state index contributed by atoms with van der Waals surface area (Å²) in [6, 6.07) is 9.85. The molecule has 21 heavy (non-hydrogen) atoms. The van der Waals surface area contributed by atoms with Gasteiger partial charge in [-0.1, -0.05) is 26.0 Å². The Hall–Kier alpha value is -2.07. The van der Waals surface area contributed by atoms with Gasteiger partial charge >= 0.3 is 0 Å². The minimum atomic E-state index is 0.00678. The van der Waals surface area contributed by atoms with E-state index in [-0.39, 0.29) is 6.61 Å². The van der Waals surface area contributed by atoms with Crippen LogP contribution in [-0.4, -0.2) is 16.7 Å². The van der Waals surface area contributed by atoms with Gasteiger partial charge in [0, 0.05) is 18.3 Å². The van der Waals surface area contributed by atoms with Gasteiger partial charge < -0.3 is 15.2 Å². The lowest BCUT2D eigenvalue weighted by Crippen LogP contribution is -2.05. The van der Waals surface area contributed by atoms with E-state index in [2.05, 4.69) is 24.1 Å². The van der Waals surface area contributed by atoms with E-state index in [1.807, 2.05) is 30.3 Å². The maximum absolute atomic E-state index is 9.27. The highest BCUT2D eigenvalue weighted by atomic mass is 16.5. The summed E-state index contributed by atoms with van der Waals surface area (Å²) in [5.74, 6) is 1.42. The van der Waals surface area contributed by atoms with Gasteiger partial charge in [0.15, 0.2) is 0 Å². The predicted octanol–water partition coefficient (Wildman–Crippen LogP) is 3.22. The average Bonchev–Trinajstić information content (AvgIpc) is 2.52. The van der Waals surface area contributed by atoms with E-state index in [1.165, 1.54) is 0 Å². The molecule has 2 aromatic rings. The Bertz CT molecular complexity index is 553. The Morgan fingerprint density at radius 1 is 1.19 bits per heavy atom. The molecule has 2 rings (SSSR count). The normalized spacial score (nSPS) is 10.7. The molecule has 0 atom stereocenters. The van der Waals surface area contributed by atoms with E-state index < -0.39 is 0 Å². The molecule has 4 heteroatoms. The van der Waals surface area contributed by atoms with Crippen LogP contribution in [0.1, 0.15) is 25.0 Å². The highest BCUT2D eigenvalue weighted by Gasteiger charge is 2.02. The maximum atomic E-state index is 9.27. The molecule has 4 nitrogen and oxygen atoms in total. The third-order valence-corrected chi connectivity index (χ3v) is 3.07. The average molecular weight is 286 g/mol. The molecule has 0 fully saturated rings. The summed E-state index contributed by atoms with van der Waals surface area (Å²) < 4.78 is 5.66. The number of aliphatic hydroxyl groups is 1. The Balaban J connectivity index is 1.91. The molecule has 0 saturated heterocycles. The Morgan fingerprint density at radius 2 is 1.95 bits per heavy atom. The van der Waals surface area contributed by atoms with E-state index in [9.17, 15) is 5.11 Å². The predicted molar refractivity (Wildman–Crippen MR) is 84.3 cm³/mol. The van der Waals surface area contributed by atoms with Crippen molar-refractivity contribution in [1.29, 1.82) is 0 Å². The van der Waals surface area contributed by atoms with Crippen LogP contribution in [0, 0.1) is 5.92 Å². The smallest absolute Gasteiger partial charge is 0.119 e. The molecule has 0 unspecified atom stereocenters. The molecule has 112 valence electrons. The zero-order valence-electron chi connectivity index (χ0n) is 12.5. The first-order valence-electron chi connectivity index (χ1n) is 7.18. The van der Waals surface area contributed by atoms with E-state index in [0.29, 0.717) is 12.5 Å². The zero-order valence-corrected chi connectivity index (χ0v) is 12.5. The molecular weight excluding hydrogens is 264 g/mol. The van der Waals surface area contributed by atoms with Crippen molar-refractivity contribution in [1.82, 2.24) is 4.98 Å². The Kier molecular flexibility index (Phi) is 5.58. The number of anilines is 1. The maximum Gasteiger partial charge on any atom is 0.119 e. The third kappa shape index (κ3) is 4.76. The largest absolute Gasteiger partial charge is 0.493 e. The fourth-order valence-corrected chi connectivity index (χ4v) is 1.88. The van der Waals surface area contributed by atoms with Gasteiger partial charge in [0.1, 0.15) is 5.75 Å². The number of nitrogens with zero attached hydrogens (tertiary/aromatic N) is 1. The summed E-state index contributed by atoms with van der Waals surface area (Å²) in [4.78, 5) is 4.07. The second-order valence-corrected chi connectivity index (χ2v) is 5.39. The van der Waals surface area contributed by atoms with Crippen LogP contribution in [0.4, 0.5) is 5.69 Å². The molecule has 0 aliphatic heterocycles. The first-order valence-corrected chi connectivity index (χ1v) is 7.18. The van der Waals surface area contributed by atoms with Crippen LogP contribution in [-0.2, 0) is 13.2 Å². The molecule has 1 aromatic carbocycles. The van der Waals surface area contributed by atoms with Crippen LogP contribution in [0.5, 0.6) is 5.75 Å². The molecule has 1 aromatic heterocycles. The van der Waals surface area contributed by atoms with Crippen molar-refractivity contribution in [3.63, 3.8) is 0 Å². The minimum Gasteiger partial charge on any atom is -0.493 e. The lowest BCUT2D eigenvalue weighted by atomic mass is 10.2. The summed E-state index contributed by atoms with van der Waals surface area (Å²) in [5, 5.41) is 12.6. The SMILES string of the molecule is CC(C)COc1ccc(CNc2cnccc2CO)cc1. The number of nitrogens with one attached hydrogen (secondary N) is 1. The van der Waals surface area contributed by atoms with Crippen molar-refractivity contribution in [3.8, 4) is 5.75 Å². The monoisotopic (exact) mass is 286 g/mol. The van der Waals surface area contributed by atoms with Crippen LogP contribution in [0.3, 0.4) is 0 Å². The van der Waals surface area contributed by atoms with Crippen LogP contribution < -0.4 is 10.1 Å². The van der Waals surface area contributed by atoms with Crippen LogP contribution in [0.2, 0.25) is 0 Å². The molecule has 0 spiro atoms. The van der Waals surface area contributed by atoms with Gasteiger partial charge in [0.25, 0.3) is 0 Å². The van der Waals surface area contributed by atoms with Gasteiger partial charge in [-0.2, -0.15) is 0 Å². The number of pyridine rings is 1. The van der Waals surface area contributed by atoms with Crippen molar-refractivity contribution < 1.29 is 9.84 Å². The number of aromatic nitrogens is 1. The Morgan fingerprint density at radius 3 is 2.62 bits per heavy atom. The highest BCUT2D eigenvalue weighted by Crippen LogP contribution is 2.17. The molecule has 0 aliphatic rings. The lowest BCUT2D eigenvalue weighted by molar-refractivity contribution is 0.271. The van der Waals surface area contributed by atoms with Crippen molar-refractivity contribution in [3.05, 3.63) is 53.9 Å². The molecule has 0 bridgehead atoms.